The van der Waals surface area contributed by atoms with Crippen LogP contribution in [0.4, 0.5) is 0 Å². The van der Waals surface area contributed by atoms with Crippen LogP contribution in [0.3, 0.4) is 0 Å². The van der Waals surface area contributed by atoms with Gasteiger partial charge >= 0.3 is 0 Å². The first-order valence-corrected chi connectivity index (χ1v) is 10.9. The zero-order chi connectivity index (χ0) is 19.8. The average molecular weight is 456 g/mol. The highest BCUT2D eigenvalue weighted by Gasteiger charge is 2.42. The molecule has 3 rings (SSSR count). The maximum atomic E-state index is 12.0. The van der Waals surface area contributed by atoms with E-state index in [0.29, 0.717) is 22.1 Å². The summed E-state index contributed by atoms with van der Waals surface area (Å²) in [7, 11) is 0. The number of nitrogens with one attached hydrogen (secondary N) is 1. The number of ether oxygens (including phenoxy) is 1. The number of nitrogens with two attached hydrogens (primary N) is 1. The fourth-order valence-electron chi connectivity index (χ4n) is 4.52. The summed E-state index contributed by atoms with van der Waals surface area (Å²) >= 11 is 9.90. The van der Waals surface area contributed by atoms with Gasteiger partial charge in [0.1, 0.15) is 5.75 Å². The highest BCUT2D eigenvalue weighted by atomic mass is 79.9. The molecule has 0 spiro atoms. The van der Waals surface area contributed by atoms with Crippen molar-refractivity contribution in [2.45, 2.75) is 65.0 Å². The molecule has 2 aromatic rings. The molecule has 27 heavy (non-hydrogen) atoms. The van der Waals surface area contributed by atoms with Crippen molar-refractivity contribution in [3.63, 3.8) is 0 Å². The van der Waals surface area contributed by atoms with Gasteiger partial charge in [-0.05, 0) is 71.5 Å². The van der Waals surface area contributed by atoms with E-state index in [9.17, 15) is 4.79 Å². The minimum Gasteiger partial charge on any atom is -0.489 e. The van der Waals surface area contributed by atoms with Crippen LogP contribution in [0.5, 0.6) is 5.75 Å². The zero-order valence-corrected chi connectivity index (χ0v) is 18.5. The number of aromatic amines is 1. The van der Waals surface area contributed by atoms with Crippen LogP contribution in [0, 0.1) is 11.3 Å². The van der Waals surface area contributed by atoms with Crippen molar-refractivity contribution >= 4 is 38.3 Å². The van der Waals surface area contributed by atoms with Crippen LogP contribution in [-0.4, -0.2) is 17.1 Å². The van der Waals surface area contributed by atoms with Crippen LogP contribution >= 0.6 is 27.5 Å². The van der Waals surface area contributed by atoms with E-state index in [4.69, 9.17) is 22.1 Å². The van der Waals surface area contributed by atoms with Crippen molar-refractivity contribution < 1.29 is 4.74 Å². The molecular formula is C21H28BrClN2O2. The zero-order valence-electron chi connectivity index (χ0n) is 16.1. The highest BCUT2D eigenvalue weighted by molar-refractivity contribution is 9.10. The second-order valence-electron chi connectivity index (χ2n) is 8.01. The Labute approximate surface area is 173 Å². The summed E-state index contributed by atoms with van der Waals surface area (Å²) < 4.78 is 7.08. The predicted molar refractivity (Wildman–Crippen MR) is 116 cm³/mol. The first kappa shape index (κ1) is 20.7. The lowest BCUT2D eigenvalue weighted by Crippen LogP contribution is -2.48. The smallest absolute Gasteiger partial charge is 0.255 e. The Morgan fingerprint density at radius 2 is 2.00 bits per heavy atom. The average Bonchev–Trinajstić information content (AvgIpc) is 2.66. The molecule has 1 aliphatic rings. The molecule has 1 atom stereocenters. The summed E-state index contributed by atoms with van der Waals surface area (Å²) in [6.07, 6.45) is 6.84. The second-order valence-corrected chi connectivity index (χ2v) is 9.28. The molecule has 1 fully saturated rings. The third kappa shape index (κ3) is 3.92. The Bertz CT molecular complexity index is 872. The van der Waals surface area contributed by atoms with Gasteiger partial charge in [-0.3, -0.25) is 4.79 Å². The van der Waals surface area contributed by atoms with Crippen LogP contribution in [-0.2, 0) is 0 Å². The molecule has 0 amide bonds. The van der Waals surface area contributed by atoms with Gasteiger partial charge in [-0.25, -0.2) is 0 Å². The Hall–Kier alpha value is -1.04. The van der Waals surface area contributed by atoms with Gasteiger partial charge in [0.05, 0.1) is 11.1 Å². The van der Waals surface area contributed by atoms with Gasteiger partial charge in [-0.2, -0.15) is 0 Å². The molecule has 3 N–H and O–H groups in total. The Morgan fingerprint density at radius 1 is 1.33 bits per heavy atom. The number of pyridine rings is 1. The van der Waals surface area contributed by atoms with Crippen molar-refractivity contribution in [2.24, 2.45) is 17.1 Å². The molecule has 0 radical (unpaired) electrons. The number of H-pyrrole nitrogens is 1. The van der Waals surface area contributed by atoms with E-state index in [1.165, 1.54) is 0 Å². The van der Waals surface area contributed by atoms with E-state index in [-0.39, 0.29) is 23.1 Å². The molecule has 148 valence electrons. The van der Waals surface area contributed by atoms with E-state index >= 15 is 0 Å². The van der Waals surface area contributed by atoms with Gasteiger partial charge in [0, 0.05) is 27.5 Å². The van der Waals surface area contributed by atoms with Gasteiger partial charge in [0.25, 0.3) is 5.56 Å². The van der Waals surface area contributed by atoms with Gasteiger partial charge < -0.3 is 15.5 Å². The molecule has 1 aromatic carbocycles. The predicted octanol–water partition coefficient (Wildman–Crippen LogP) is 5.65. The lowest BCUT2D eigenvalue weighted by molar-refractivity contribution is 0.0257. The monoisotopic (exact) mass is 454 g/mol. The second kappa shape index (κ2) is 8.14. The minimum atomic E-state index is -0.158. The first-order valence-electron chi connectivity index (χ1n) is 9.71. The highest BCUT2D eigenvalue weighted by Crippen LogP contribution is 2.46. The van der Waals surface area contributed by atoms with Crippen LogP contribution in [0.1, 0.15) is 52.9 Å². The molecule has 1 heterocycles. The third-order valence-electron chi connectivity index (χ3n) is 6.39. The molecule has 1 aliphatic carbocycles. The molecular weight excluding hydrogens is 428 g/mol. The summed E-state index contributed by atoms with van der Waals surface area (Å²) in [5.74, 6) is 1.19. The normalized spacial score (nSPS) is 24.3. The molecule has 4 nitrogen and oxygen atoms in total. The van der Waals surface area contributed by atoms with Crippen LogP contribution in [0.25, 0.3) is 10.8 Å². The lowest BCUT2D eigenvalue weighted by atomic mass is 9.62. The van der Waals surface area contributed by atoms with Crippen molar-refractivity contribution in [3.8, 4) is 5.75 Å². The lowest BCUT2D eigenvalue weighted by Gasteiger charge is -2.47. The summed E-state index contributed by atoms with van der Waals surface area (Å²) in [5.41, 5.74) is 6.53. The Balaban J connectivity index is 1.80. The summed E-state index contributed by atoms with van der Waals surface area (Å²) in [6.45, 7) is 6.74. The topological polar surface area (TPSA) is 68.1 Å². The molecule has 6 heteroatoms. The number of hydrogen-bond acceptors (Lipinski definition) is 3. The van der Waals surface area contributed by atoms with E-state index in [1.807, 2.05) is 6.07 Å². The maximum Gasteiger partial charge on any atom is 0.255 e. The first-order chi connectivity index (χ1) is 12.8. The molecule has 1 saturated carbocycles. The number of fused-ring (bicyclic) bond motifs is 1. The minimum absolute atomic E-state index is 0.122. The molecule has 1 aromatic heterocycles. The molecule has 0 unspecified atom stereocenters. The van der Waals surface area contributed by atoms with Crippen molar-refractivity contribution in [3.05, 3.63) is 38.2 Å². The Kier molecular flexibility index (Phi) is 6.24. The van der Waals surface area contributed by atoms with Crippen molar-refractivity contribution in [2.75, 3.05) is 0 Å². The maximum absolute atomic E-state index is 12.0. The van der Waals surface area contributed by atoms with E-state index in [2.05, 4.69) is 41.7 Å². The quantitative estimate of drug-likeness (QED) is 0.612. The van der Waals surface area contributed by atoms with Crippen LogP contribution in [0.15, 0.2) is 27.6 Å². The number of benzene rings is 1. The number of aromatic nitrogens is 1. The standard InChI is InChI=1S/C21H28BrClN2O2/c1-4-19(24)21(12(2)3)7-5-13(6-8-21)27-18-10-14-15(9-17(18)23)20(26)25-11-16(14)22/h9-13,19H,4-8,24H2,1-3H3,(H,25,26)/t13-,19-,21-/m0/s1. The fraction of sp³-hybridized carbons (Fsp3) is 0.571. The van der Waals surface area contributed by atoms with Gasteiger partial charge in [-0.15, -0.1) is 0 Å². The van der Waals surface area contributed by atoms with Crippen molar-refractivity contribution in [1.82, 2.24) is 4.98 Å². The molecule has 0 aliphatic heterocycles. The number of halogens is 2. The van der Waals surface area contributed by atoms with E-state index in [0.717, 1.165) is 42.0 Å². The van der Waals surface area contributed by atoms with Crippen LogP contribution < -0.4 is 16.0 Å². The molecule has 0 bridgehead atoms. The summed E-state index contributed by atoms with van der Waals surface area (Å²) in [5, 5.41) is 1.83. The van der Waals surface area contributed by atoms with Crippen LogP contribution in [0.2, 0.25) is 5.02 Å². The summed E-state index contributed by atoms with van der Waals surface area (Å²) in [6, 6.07) is 3.77. The van der Waals surface area contributed by atoms with Gasteiger partial charge in [-0.1, -0.05) is 32.4 Å². The van der Waals surface area contributed by atoms with E-state index in [1.54, 1.807) is 12.3 Å². The molecule has 0 saturated heterocycles. The van der Waals surface area contributed by atoms with E-state index < -0.39 is 0 Å². The largest absolute Gasteiger partial charge is 0.489 e. The summed E-state index contributed by atoms with van der Waals surface area (Å²) in [4.78, 5) is 14.7. The van der Waals surface area contributed by atoms with Crippen molar-refractivity contribution in [1.29, 1.82) is 0 Å². The number of rotatable bonds is 5. The third-order valence-corrected chi connectivity index (χ3v) is 7.34. The fourth-order valence-corrected chi connectivity index (χ4v) is 5.17. The van der Waals surface area contributed by atoms with Gasteiger partial charge in [0.15, 0.2) is 0 Å². The van der Waals surface area contributed by atoms with Gasteiger partial charge in [0.2, 0.25) is 0 Å². The SMILES string of the molecule is CC[C@H](N)[C@]1(C(C)C)CC[C@@H](Oc2cc3c(Br)c[nH]c(=O)c3cc2Cl)CC1. The Morgan fingerprint density at radius 3 is 2.59 bits per heavy atom. The number of hydrogen-bond donors (Lipinski definition) is 2.